The van der Waals surface area contributed by atoms with Gasteiger partial charge in [0.1, 0.15) is 0 Å². The molecule has 2 aliphatic heterocycles. The first kappa shape index (κ1) is 23.2. The second-order valence-corrected chi connectivity index (χ2v) is 8.92. The zero-order chi connectivity index (χ0) is 25.1. The van der Waals surface area contributed by atoms with Gasteiger partial charge in [-0.3, -0.25) is 24.2 Å². The molecule has 182 valence electrons. The van der Waals surface area contributed by atoms with Gasteiger partial charge in [-0.1, -0.05) is 0 Å². The van der Waals surface area contributed by atoms with Gasteiger partial charge in [-0.05, 0) is 79.3 Å². The summed E-state index contributed by atoms with van der Waals surface area (Å²) in [6.07, 6.45) is 6.72. The molecule has 1 aromatic heterocycles. The summed E-state index contributed by atoms with van der Waals surface area (Å²) in [5.41, 5.74) is 5.14. The van der Waals surface area contributed by atoms with Crippen molar-refractivity contribution in [3.63, 3.8) is 0 Å². The third-order valence-electron chi connectivity index (χ3n) is 6.24. The van der Waals surface area contributed by atoms with Crippen LogP contribution in [-0.2, 0) is 22.4 Å². The maximum absolute atomic E-state index is 12.9. The van der Waals surface area contributed by atoms with E-state index < -0.39 is 11.8 Å². The lowest BCUT2D eigenvalue weighted by Crippen LogP contribution is -2.16. The van der Waals surface area contributed by atoms with Gasteiger partial charge in [0.2, 0.25) is 11.8 Å². The van der Waals surface area contributed by atoms with Crippen molar-refractivity contribution >= 4 is 46.4 Å². The smallest absolute Gasteiger partial charge is 0.257 e. The fourth-order valence-corrected chi connectivity index (χ4v) is 4.40. The fourth-order valence-electron chi connectivity index (χ4n) is 4.40. The lowest BCUT2D eigenvalue weighted by atomic mass is 10.1. The van der Waals surface area contributed by atoms with Crippen molar-refractivity contribution in [1.82, 2.24) is 4.98 Å². The van der Waals surface area contributed by atoms with E-state index in [4.69, 9.17) is 0 Å². The van der Waals surface area contributed by atoms with Gasteiger partial charge < -0.3 is 21.3 Å². The Bertz CT molecular complexity index is 1280. The highest BCUT2D eigenvalue weighted by Gasteiger charge is 2.17. The largest absolute Gasteiger partial charge is 0.326 e. The average molecular weight is 484 g/mol. The summed E-state index contributed by atoms with van der Waals surface area (Å²) >= 11 is 0. The van der Waals surface area contributed by atoms with Gasteiger partial charge in [0, 0.05) is 48.0 Å². The molecule has 3 heterocycles. The zero-order valence-corrected chi connectivity index (χ0v) is 19.5. The molecule has 0 bridgehead atoms. The van der Waals surface area contributed by atoms with Crippen LogP contribution in [0.4, 0.5) is 22.7 Å². The van der Waals surface area contributed by atoms with Crippen molar-refractivity contribution in [1.29, 1.82) is 0 Å². The molecular formula is C27H25N5O4. The van der Waals surface area contributed by atoms with Gasteiger partial charge in [0.05, 0.1) is 11.1 Å². The minimum atomic E-state index is -0.393. The number of fused-ring (bicyclic) bond motifs is 2. The molecule has 0 aliphatic carbocycles. The molecule has 0 unspecified atom stereocenters. The molecule has 0 spiro atoms. The highest BCUT2D eigenvalue weighted by atomic mass is 16.2. The lowest BCUT2D eigenvalue weighted by Gasteiger charge is -2.12. The van der Waals surface area contributed by atoms with E-state index >= 15 is 0 Å². The topological polar surface area (TPSA) is 129 Å². The number of anilines is 4. The number of nitrogens with zero attached hydrogens (tertiary/aromatic N) is 1. The van der Waals surface area contributed by atoms with E-state index in [9.17, 15) is 19.2 Å². The molecule has 2 aliphatic rings. The Balaban J connectivity index is 1.28. The van der Waals surface area contributed by atoms with Crippen LogP contribution in [0.25, 0.3) is 0 Å². The van der Waals surface area contributed by atoms with Crippen molar-refractivity contribution in [3.05, 3.63) is 77.1 Å². The van der Waals surface area contributed by atoms with Gasteiger partial charge in [0.25, 0.3) is 11.8 Å². The van der Waals surface area contributed by atoms with Crippen molar-refractivity contribution in [2.24, 2.45) is 0 Å². The number of benzene rings is 2. The van der Waals surface area contributed by atoms with Crippen molar-refractivity contribution in [2.75, 3.05) is 21.3 Å². The lowest BCUT2D eigenvalue weighted by molar-refractivity contribution is -0.117. The molecule has 5 rings (SSSR count). The first-order valence-corrected chi connectivity index (χ1v) is 11.9. The van der Waals surface area contributed by atoms with E-state index in [0.29, 0.717) is 24.2 Å². The molecule has 4 N–H and O–H groups in total. The van der Waals surface area contributed by atoms with E-state index in [1.807, 2.05) is 12.1 Å². The van der Waals surface area contributed by atoms with Crippen LogP contribution < -0.4 is 21.3 Å². The molecule has 9 heteroatoms. The van der Waals surface area contributed by atoms with Crippen LogP contribution in [-0.4, -0.2) is 28.6 Å². The highest BCUT2D eigenvalue weighted by molar-refractivity contribution is 6.08. The van der Waals surface area contributed by atoms with Crippen LogP contribution in [0.15, 0.2) is 54.9 Å². The number of aromatic nitrogens is 1. The van der Waals surface area contributed by atoms with Gasteiger partial charge in [-0.15, -0.1) is 0 Å². The van der Waals surface area contributed by atoms with E-state index in [0.717, 1.165) is 48.2 Å². The number of nitrogens with one attached hydrogen (secondary N) is 4. The Morgan fingerprint density at radius 2 is 1.14 bits per heavy atom. The first-order valence-electron chi connectivity index (χ1n) is 11.9. The van der Waals surface area contributed by atoms with E-state index in [-0.39, 0.29) is 22.9 Å². The Kier molecular flexibility index (Phi) is 6.44. The van der Waals surface area contributed by atoms with Crippen molar-refractivity contribution in [2.45, 2.75) is 38.5 Å². The molecule has 36 heavy (non-hydrogen) atoms. The maximum atomic E-state index is 12.9. The third-order valence-corrected chi connectivity index (χ3v) is 6.24. The minimum Gasteiger partial charge on any atom is -0.326 e. The predicted molar refractivity (Wildman–Crippen MR) is 136 cm³/mol. The highest BCUT2D eigenvalue weighted by Crippen LogP contribution is 2.27. The standard InChI is InChI=1S/C27H25N5O4/c33-24-5-1-3-16-12-20(7-9-22(16)31-24)29-26(35)18-11-19(15-28-14-18)27(36)30-21-8-10-23-17(13-21)4-2-6-25(34)32-23/h7-15H,1-6H2,(H,29,35)(H,30,36)(H,31,33)(H,32,34). The van der Waals surface area contributed by atoms with Gasteiger partial charge in [0.15, 0.2) is 0 Å². The van der Waals surface area contributed by atoms with Gasteiger partial charge in [-0.2, -0.15) is 0 Å². The second-order valence-electron chi connectivity index (χ2n) is 8.92. The molecule has 0 fully saturated rings. The quantitative estimate of drug-likeness (QED) is 0.443. The fraction of sp³-hybridized carbons (Fsp3) is 0.222. The number of aryl methyl sites for hydroxylation is 2. The summed E-state index contributed by atoms with van der Waals surface area (Å²) in [5.74, 6) is -0.806. The molecule has 4 amide bonds. The number of pyridine rings is 1. The summed E-state index contributed by atoms with van der Waals surface area (Å²) in [5, 5.41) is 11.4. The van der Waals surface area contributed by atoms with E-state index in [2.05, 4.69) is 26.3 Å². The molecule has 2 aromatic carbocycles. The first-order chi connectivity index (χ1) is 17.4. The van der Waals surface area contributed by atoms with Crippen LogP contribution in [0, 0.1) is 0 Å². The predicted octanol–water partition coefficient (Wildman–Crippen LogP) is 4.14. The van der Waals surface area contributed by atoms with E-state index in [1.165, 1.54) is 18.5 Å². The van der Waals surface area contributed by atoms with E-state index in [1.54, 1.807) is 24.3 Å². The normalized spacial score (nSPS) is 14.8. The van der Waals surface area contributed by atoms with Crippen molar-refractivity contribution in [3.8, 4) is 0 Å². The van der Waals surface area contributed by atoms with Crippen LogP contribution in [0.1, 0.15) is 57.5 Å². The third kappa shape index (κ3) is 5.25. The Labute approximate surface area is 207 Å². The summed E-state index contributed by atoms with van der Waals surface area (Å²) in [6, 6.07) is 12.2. The molecular weight excluding hydrogens is 458 g/mol. The SMILES string of the molecule is O=C1CCCc2cc(NC(=O)c3cncc(C(=O)Nc4ccc5c(c4)CCCC(=O)N5)c3)ccc2N1. The van der Waals surface area contributed by atoms with Crippen LogP contribution in [0.3, 0.4) is 0 Å². The van der Waals surface area contributed by atoms with Crippen molar-refractivity contribution < 1.29 is 19.2 Å². The summed E-state index contributed by atoms with van der Waals surface area (Å²) < 4.78 is 0. The molecule has 3 aromatic rings. The Morgan fingerprint density at radius 1 is 0.667 bits per heavy atom. The van der Waals surface area contributed by atoms with Gasteiger partial charge >= 0.3 is 0 Å². The number of carbonyl (C=O) groups is 4. The number of rotatable bonds is 4. The molecule has 9 nitrogen and oxygen atoms in total. The van der Waals surface area contributed by atoms with Crippen LogP contribution in [0.5, 0.6) is 0 Å². The average Bonchev–Trinajstić information content (AvgIpc) is 3.17. The molecule has 0 radical (unpaired) electrons. The Morgan fingerprint density at radius 3 is 1.61 bits per heavy atom. The number of amides is 4. The van der Waals surface area contributed by atoms with Crippen LogP contribution in [0.2, 0.25) is 0 Å². The molecule has 0 saturated heterocycles. The number of hydrogen-bond donors (Lipinski definition) is 4. The number of carbonyl (C=O) groups excluding carboxylic acids is 4. The zero-order valence-electron chi connectivity index (χ0n) is 19.5. The minimum absolute atomic E-state index is 0.00986. The Hall–Kier alpha value is -4.53. The summed E-state index contributed by atoms with van der Waals surface area (Å²) in [6.45, 7) is 0. The summed E-state index contributed by atoms with van der Waals surface area (Å²) in [4.78, 5) is 53.3. The monoisotopic (exact) mass is 483 g/mol. The van der Waals surface area contributed by atoms with Crippen LogP contribution >= 0.6 is 0 Å². The number of hydrogen-bond acceptors (Lipinski definition) is 5. The second kappa shape index (κ2) is 9.99. The molecule has 0 saturated carbocycles. The summed E-state index contributed by atoms with van der Waals surface area (Å²) in [7, 11) is 0. The maximum Gasteiger partial charge on any atom is 0.257 e. The molecule has 0 atom stereocenters. The van der Waals surface area contributed by atoms with Gasteiger partial charge in [-0.25, -0.2) is 0 Å².